The summed E-state index contributed by atoms with van der Waals surface area (Å²) >= 11 is 0. The number of fused-ring (bicyclic) bond motifs is 1. The molecule has 0 aliphatic carbocycles. The van der Waals surface area contributed by atoms with Crippen LogP contribution in [0.25, 0.3) is 0 Å². The summed E-state index contributed by atoms with van der Waals surface area (Å²) in [5, 5.41) is 0. The molecule has 20 heavy (non-hydrogen) atoms. The summed E-state index contributed by atoms with van der Waals surface area (Å²) in [6.07, 6.45) is 8.08. The summed E-state index contributed by atoms with van der Waals surface area (Å²) in [6.45, 7) is 12.3. The molecule has 0 unspecified atom stereocenters. The molecule has 2 rings (SSSR count). The van der Waals surface area contributed by atoms with Crippen LogP contribution >= 0.6 is 0 Å². The van der Waals surface area contributed by atoms with Gasteiger partial charge in [-0.2, -0.15) is 0 Å². The van der Waals surface area contributed by atoms with Gasteiger partial charge in [-0.1, -0.05) is 77.7 Å². The minimum Gasteiger partial charge on any atom is -0.345 e. The zero-order valence-electron chi connectivity index (χ0n) is 13.4. The van der Waals surface area contributed by atoms with Gasteiger partial charge in [0.1, 0.15) is 0 Å². The highest BCUT2D eigenvalue weighted by Crippen LogP contribution is 2.46. The monoisotopic (exact) mass is 271 g/mol. The van der Waals surface area contributed by atoms with Crippen molar-refractivity contribution in [1.82, 2.24) is 0 Å². The van der Waals surface area contributed by atoms with Gasteiger partial charge in [-0.15, -0.1) is 0 Å². The number of anilines is 1. The number of allylic oxidation sites excluding steroid dienone is 1. The Morgan fingerprint density at radius 3 is 2.40 bits per heavy atom. The summed E-state index contributed by atoms with van der Waals surface area (Å²) < 4.78 is 0. The highest BCUT2D eigenvalue weighted by molar-refractivity contribution is 5.69. The van der Waals surface area contributed by atoms with Gasteiger partial charge in [-0.25, -0.2) is 0 Å². The van der Waals surface area contributed by atoms with E-state index in [1.165, 1.54) is 55.5 Å². The smallest absolute Gasteiger partial charge is 0.0450 e. The Balaban J connectivity index is 1.94. The molecule has 0 saturated heterocycles. The number of para-hydroxylation sites is 1. The van der Waals surface area contributed by atoms with Crippen molar-refractivity contribution in [3.63, 3.8) is 0 Å². The average Bonchev–Trinajstić information content (AvgIpc) is 2.64. The minimum absolute atomic E-state index is 0.0821. The van der Waals surface area contributed by atoms with E-state index >= 15 is 0 Å². The quantitative estimate of drug-likeness (QED) is 0.578. The summed E-state index contributed by atoms with van der Waals surface area (Å²) in [5.74, 6) is 0. The largest absolute Gasteiger partial charge is 0.345 e. The van der Waals surface area contributed by atoms with E-state index in [9.17, 15) is 0 Å². The third-order valence-corrected chi connectivity index (χ3v) is 4.65. The minimum atomic E-state index is 0.0821. The van der Waals surface area contributed by atoms with E-state index in [1.54, 1.807) is 0 Å². The molecule has 1 aliphatic rings. The molecule has 0 bridgehead atoms. The topological polar surface area (TPSA) is 3.24 Å². The maximum atomic E-state index is 4.36. The van der Waals surface area contributed by atoms with E-state index in [2.05, 4.69) is 56.5 Å². The maximum absolute atomic E-state index is 4.36. The Hall–Kier alpha value is -1.24. The molecular weight excluding hydrogens is 242 g/mol. The first-order chi connectivity index (χ1) is 9.59. The van der Waals surface area contributed by atoms with Crippen LogP contribution in [0.4, 0.5) is 5.69 Å². The molecular formula is C19H29N. The first-order valence-electron chi connectivity index (χ1n) is 8.15. The first-order valence-corrected chi connectivity index (χ1v) is 8.15. The first kappa shape index (κ1) is 15.2. The van der Waals surface area contributed by atoms with E-state index in [-0.39, 0.29) is 5.41 Å². The summed E-state index contributed by atoms with van der Waals surface area (Å²) in [6, 6.07) is 8.78. The molecule has 0 amide bonds. The van der Waals surface area contributed by atoms with Crippen molar-refractivity contribution in [3.05, 3.63) is 42.1 Å². The Bertz CT molecular complexity index is 459. The van der Waals surface area contributed by atoms with Crippen LogP contribution in [0.3, 0.4) is 0 Å². The van der Waals surface area contributed by atoms with Crippen LogP contribution in [0, 0.1) is 0 Å². The van der Waals surface area contributed by atoms with Crippen molar-refractivity contribution >= 4 is 5.69 Å². The summed E-state index contributed by atoms with van der Waals surface area (Å²) in [5.41, 5.74) is 4.14. The van der Waals surface area contributed by atoms with E-state index in [0.29, 0.717) is 0 Å². The van der Waals surface area contributed by atoms with Gasteiger partial charge in [-0.05, 0) is 18.1 Å². The van der Waals surface area contributed by atoms with Crippen LogP contribution in [0.15, 0.2) is 36.5 Å². The summed E-state index contributed by atoms with van der Waals surface area (Å²) in [7, 11) is 0. The fraction of sp³-hybridized carbons (Fsp3) is 0.579. The predicted octanol–water partition coefficient (Wildman–Crippen LogP) is 5.66. The van der Waals surface area contributed by atoms with Crippen LogP contribution in [-0.4, -0.2) is 6.54 Å². The van der Waals surface area contributed by atoms with Crippen molar-refractivity contribution in [2.24, 2.45) is 0 Å². The molecule has 0 radical (unpaired) electrons. The Morgan fingerprint density at radius 2 is 1.65 bits per heavy atom. The van der Waals surface area contributed by atoms with Crippen LogP contribution in [0.5, 0.6) is 0 Å². The van der Waals surface area contributed by atoms with Crippen molar-refractivity contribution in [1.29, 1.82) is 0 Å². The molecule has 1 aromatic carbocycles. The van der Waals surface area contributed by atoms with E-state index in [1.807, 2.05) is 0 Å². The molecule has 0 atom stereocenters. The fourth-order valence-electron chi connectivity index (χ4n) is 3.18. The van der Waals surface area contributed by atoms with E-state index < -0.39 is 0 Å². The van der Waals surface area contributed by atoms with Gasteiger partial charge in [0.15, 0.2) is 0 Å². The third kappa shape index (κ3) is 2.92. The maximum Gasteiger partial charge on any atom is 0.0450 e. The van der Waals surface area contributed by atoms with Crippen molar-refractivity contribution < 1.29 is 0 Å². The highest BCUT2D eigenvalue weighted by atomic mass is 15.2. The standard InChI is InChI=1S/C19H29N/c1-5-6-7-8-9-12-15-20-16(2)19(3,4)17-13-10-11-14-18(17)20/h10-11,13-14H,2,5-9,12,15H2,1,3-4H3. The second-order valence-electron chi connectivity index (χ2n) is 6.51. The number of hydrogen-bond donors (Lipinski definition) is 0. The van der Waals surface area contributed by atoms with Gasteiger partial charge in [0.25, 0.3) is 0 Å². The van der Waals surface area contributed by atoms with Gasteiger partial charge in [0.2, 0.25) is 0 Å². The number of hydrogen-bond acceptors (Lipinski definition) is 1. The molecule has 110 valence electrons. The molecule has 1 heteroatoms. The van der Waals surface area contributed by atoms with E-state index in [4.69, 9.17) is 0 Å². The fourth-order valence-corrected chi connectivity index (χ4v) is 3.18. The third-order valence-electron chi connectivity index (χ3n) is 4.65. The lowest BCUT2D eigenvalue weighted by molar-refractivity contribution is 0.592. The molecule has 0 saturated carbocycles. The Labute approximate surface area is 124 Å². The summed E-state index contributed by atoms with van der Waals surface area (Å²) in [4.78, 5) is 2.44. The van der Waals surface area contributed by atoms with Crippen LogP contribution in [0.1, 0.15) is 64.9 Å². The molecule has 1 aliphatic heterocycles. The zero-order valence-corrected chi connectivity index (χ0v) is 13.4. The Morgan fingerprint density at radius 1 is 1.00 bits per heavy atom. The molecule has 1 nitrogen and oxygen atoms in total. The molecule has 1 aromatic rings. The molecule has 0 N–H and O–H groups in total. The van der Waals surface area contributed by atoms with E-state index in [0.717, 1.165) is 6.54 Å². The zero-order chi connectivity index (χ0) is 14.6. The lowest BCUT2D eigenvalue weighted by atomic mass is 9.84. The van der Waals surface area contributed by atoms with Crippen LogP contribution in [0.2, 0.25) is 0 Å². The SMILES string of the molecule is C=C1N(CCCCCCCC)c2ccccc2C1(C)C. The number of rotatable bonds is 7. The number of nitrogens with zero attached hydrogens (tertiary/aromatic N) is 1. The normalized spacial score (nSPS) is 16.6. The van der Waals surface area contributed by atoms with Gasteiger partial charge in [0, 0.05) is 23.3 Å². The van der Waals surface area contributed by atoms with Gasteiger partial charge < -0.3 is 4.90 Å². The van der Waals surface area contributed by atoms with Gasteiger partial charge in [0.05, 0.1) is 0 Å². The van der Waals surface area contributed by atoms with Crippen LogP contribution in [-0.2, 0) is 5.41 Å². The van der Waals surface area contributed by atoms with Gasteiger partial charge in [-0.3, -0.25) is 0 Å². The van der Waals surface area contributed by atoms with Crippen molar-refractivity contribution in [2.75, 3.05) is 11.4 Å². The molecule has 0 spiro atoms. The predicted molar refractivity (Wildman–Crippen MR) is 89.3 cm³/mol. The molecule has 0 fully saturated rings. The van der Waals surface area contributed by atoms with Gasteiger partial charge >= 0.3 is 0 Å². The average molecular weight is 271 g/mol. The molecule has 0 aromatic heterocycles. The lowest BCUT2D eigenvalue weighted by Crippen LogP contribution is -2.26. The second-order valence-corrected chi connectivity index (χ2v) is 6.51. The van der Waals surface area contributed by atoms with Crippen molar-refractivity contribution in [3.8, 4) is 0 Å². The highest BCUT2D eigenvalue weighted by Gasteiger charge is 2.37. The molecule has 1 heterocycles. The Kier molecular flexibility index (Phi) is 4.91. The number of unbranched alkanes of at least 4 members (excludes halogenated alkanes) is 5. The number of benzene rings is 1. The second kappa shape index (κ2) is 6.47. The van der Waals surface area contributed by atoms with Crippen LogP contribution < -0.4 is 4.90 Å². The lowest BCUT2D eigenvalue weighted by Gasteiger charge is -2.25. The van der Waals surface area contributed by atoms with Crippen molar-refractivity contribution in [2.45, 2.75) is 64.7 Å².